The molecule has 0 fully saturated rings. The highest BCUT2D eigenvalue weighted by atomic mass is 16.2. The van der Waals surface area contributed by atoms with E-state index < -0.39 is 0 Å². The zero-order valence-electron chi connectivity index (χ0n) is 9.91. The number of nitrogens with one attached hydrogen (secondary N) is 1. The molecule has 3 heteroatoms. The molecule has 1 N–H and O–H groups in total. The van der Waals surface area contributed by atoms with Crippen LogP contribution in [0.2, 0.25) is 0 Å². The lowest BCUT2D eigenvalue weighted by molar-refractivity contribution is -0.127. The van der Waals surface area contributed by atoms with Crippen molar-refractivity contribution < 1.29 is 9.59 Å². The van der Waals surface area contributed by atoms with Gasteiger partial charge in [0.15, 0.2) is 0 Å². The summed E-state index contributed by atoms with van der Waals surface area (Å²) in [5.74, 6) is -0.335. The lowest BCUT2D eigenvalue weighted by Crippen LogP contribution is -2.28. The number of Topliss-reactive ketones (excluding diaryl/α,β-unsaturated/α-hetero) is 1. The van der Waals surface area contributed by atoms with E-state index in [9.17, 15) is 9.59 Å². The van der Waals surface area contributed by atoms with Crippen LogP contribution in [0.3, 0.4) is 0 Å². The van der Waals surface area contributed by atoms with Gasteiger partial charge in [0.05, 0.1) is 12.5 Å². The fourth-order valence-corrected chi connectivity index (χ4v) is 1.67. The summed E-state index contributed by atoms with van der Waals surface area (Å²) in [7, 11) is 0. The van der Waals surface area contributed by atoms with Crippen molar-refractivity contribution in [1.82, 2.24) is 5.32 Å². The van der Waals surface area contributed by atoms with Crippen LogP contribution in [0.25, 0.3) is 0 Å². The molecule has 1 rings (SSSR count). The maximum absolute atomic E-state index is 11.4. The highest BCUT2D eigenvalue weighted by Gasteiger charge is 2.12. The zero-order chi connectivity index (χ0) is 12.1. The van der Waals surface area contributed by atoms with Gasteiger partial charge in [0.1, 0.15) is 5.78 Å². The van der Waals surface area contributed by atoms with E-state index in [0.29, 0.717) is 0 Å². The van der Waals surface area contributed by atoms with Crippen LogP contribution >= 0.6 is 0 Å². The Hall–Kier alpha value is -1.64. The average molecular weight is 219 g/mol. The molecule has 0 aliphatic carbocycles. The molecular formula is C13H17NO2. The quantitative estimate of drug-likeness (QED) is 0.789. The van der Waals surface area contributed by atoms with Crippen LogP contribution < -0.4 is 5.32 Å². The lowest BCUT2D eigenvalue weighted by Gasteiger charge is -2.16. The molecule has 0 radical (unpaired) electrons. The second-order valence-corrected chi connectivity index (χ2v) is 4.02. The summed E-state index contributed by atoms with van der Waals surface area (Å²) in [5, 5.41) is 2.81. The fraction of sp³-hybridized carbons (Fsp3) is 0.385. The molecule has 0 bridgehead atoms. The Morgan fingerprint density at radius 3 is 2.50 bits per heavy atom. The molecule has 0 aliphatic rings. The number of rotatable bonds is 4. The molecular weight excluding hydrogens is 202 g/mol. The minimum atomic E-state index is -0.219. The van der Waals surface area contributed by atoms with Crippen molar-refractivity contribution in [2.75, 3.05) is 0 Å². The number of hydrogen-bond acceptors (Lipinski definition) is 2. The van der Waals surface area contributed by atoms with E-state index in [2.05, 4.69) is 5.32 Å². The van der Waals surface area contributed by atoms with E-state index in [0.717, 1.165) is 11.1 Å². The highest BCUT2D eigenvalue weighted by Crippen LogP contribution is 2.16. The number of carbonyl (C=O) groups is 2. The third-order valence-corrected chi connectivity index (χ3v) is 2.44. The van der Waals surface area contributed by atoms with Gasteiger partial charge in [-0.3, -0.25) is 9.59 Å². The van der Waals surface area contributed by atoms with E-state index in [-0.39, 0.29) is 24.2 Å². The average Bonchev–Trinajstić information content (AvgIpc) is 2.16. The summed E-state index contributed by atoms with van der Waals surface area (Å²) < 4.78 is 0. The largest absolute Gasteiger partial charge is 0.349 e. The summed E-state index contributed by atoms with van der Waals surface area (Å²) in [6, 6.07) is 7.82. The number of aryl methyl sites for hydroxylation is 1. The highest BCUT2D eigenvalue weighted by molar-refractivity contribution is 5.96. The molecule has 0 saturated carbocycles. The van der Waals surface area contributed by atoms with E-state index >= 15 is 0 Å². The summed E-state index contributed by atoms with van der Waals surface area (Å²) in [6.07, 6.45) is -0.0454. The Kier molecular flexibility index (Phi) is 4.23. The Balaban J connectivity index is 2.66. The molecule has 3 nitrogen and oxygen atoms in total. The Bertz CT molecular complexity index is 399. The second-order valence-electron chi connectivity index (χ2n) is 4.02. The van der Waals surface area contributed by atoms with Crippen molar-refractivity contribution in [1.29, 1.82) is 0 Å². The first kappa shape index (κ1) is 12.4. The standard InChI is InChI=1S/C13H17NO2/c1-9-6-4-5-7-12(9)11(3)14-13(16)8-10(2)15/h4-7,11H,8H2,1-3H3,(H,14,16). The summed E-state index contributed by atoms with van der Waals surface area (Å²) in [5.41, 5.74) is 2.22. The first-order valence-corrected chi connectivity index (χ1v) is 5.35. The smallest absolute Gasteiger partial charge is 0.227 e. The molecule has 16 heavy (non-hydrogen) atoms. The van der Waals surface area contributed by atoms with Crippen molar-refractivity contribution in [2.24, 2.45) is 0 Å². The molecule has 0 heterocycles. The zero-order valence-corrected chi connectivity index (χ0v) is 9.91. The summed E-state index contributed by atoms with van der Waals surface area (Å²) >= 11 is 0. The van der Waals surface area contributed by atoms with Crippen LogP contribution in [0.4, 0.5) is 0 Å². The number of carbonyl (C=O) groups excluding carboxylic acids is 2. The van der Waals surface area contributed by atoms with Gasteiger partial charge in [0.25, 0.3) is 0 Å². The first-order valence-electron chi connectivity index (χ1n) is 5.35. The SMILES string of the molecule is CC(=O)CC(=O)NC(C)c1ccccc1C. The number of amides is 1. The third-order valence-electron chi connectivity index (χ3n) is 2.44. The van der Waals surface area contributed by atoms with E-state index in [1.165, 1.54) is 6.92 Å². The predicted molar refractivity (Wildman–Crippen MR) is 63.0 cm³/mol. The normalized spacial score (nSPS) is 11.9. The second kappa shape index (κ2) is 5.45. The monoisotopic (exact) mass is 219 g/mol. The summed E-state index contributed by atoms with van der Waals surface area (Å²) in [6.45, 7) is 5.33. The van der Waals surface area contributed by atoms with Crippen LogP contribution in [0.1, 0.15) is 37.4 Å². The number of benzene rings is 1. The molecule has 0 spiro atoms. The minimum absolute atomic E-state index is 0.0454. The Morgan fingerprint density at radius 2 is 1.94 bits per heavy atom. The van der Waals surface area contributed by atoms with Crippen molar-refractivity contribution in [3.05, 3.63) is 35.4 Å². The fourth-order valence-electron chi connectivity index (χ4n) is 1.67. The topological polar surface area (TPSA) is 46.2 Å². The van der Waals surface area contributed by atoms with Crippen molar-refractivity contribution in [2.45, 2.75) is 33.2 Å². The van der Waals surface area contributed by atoms with E-state index in [1.54, 1.807) is 0 Å². The first-order chi connectivity index (χ1) is 7.50. The van der Waals surface area contributed by atoms with E-state index in [4.69, 9.17) is 0 Å². The molecule has 86 valence electrons. The van der Waals surface area contributed by atoms with Crippen LogP contribution in [-0.2, 0) is 9.59 Å². The van der Waals surface area contributed by atoms with Crippen molar-refractivity contribution in [3.8, 4) is 0 Å². The van der Waals surface area contributed by atoms with Gasteiger partial charge < -0.3 is 5.32 Å². The van der Waals surface area contributed by atoms with Gasteiger partial charge in [-0.15, -0.1) is 0 Å². The molecule has 1 aromatic rings. The predicted octanol–water partition coefficient (Wildman–Crippen LogP) is 2.15. The van der Waals surface area contributed by atoms with Gasteiger partial charge in [-0.1, -0.05) is 24.3 Å². The maximum atomic E-state index is 11.4. The van der Waals surface area contributed by atoms with Crippen LogP contribution in [0.15, 0.2) is 24.3 Å². The third kappa shape index (κ3) is 3.50. The lowest BCUT2D eigenvalue weighted by atomic mass is 10.0. The van der Waals surface area contributed by atoms with Gasteiger partial charge >= 0.3 is 0 Å². The van der Waals surface area contributed by atoms with Crippen molar-refractivity contribution in [3.63, 3.8) is 0 Å². The van der Waals surface area contributed by atoms with Crippen LogP contribution in [-0.4, -0.2) is 11.7 Å². The molecule has 1 amide bonds. The molecule has 0 saturated heterocycles. The van der Waals surface area contributed by atoms with Crippen LogP contribution in [0.5, 0.6) is 0 Å². The molecule has 1 aromatic carbocycles. The van der Waals surface area contributed by atoms with Gasteiger partial charge in [-0.05, 0) is 31.9 Å². The minimum Gasteiger partial charge on any atom is -0.349 e. The molecule has 0 aliphatic heterocycles. The summed E-state index contributed by atoms with van der Waals surface area (Å²) in [4.78, 5) is 22.2. The van der Waals surface area contributed by atoms with Gasteiger partial charge in [-0.2, -0.15) is 0 Å². The number of ketones is 1. The molecule has 1 unspecified atom stereocenters. The maximum Gasteiger partial charge on any atom is 0.227 e. The Morgan fingerprint density at radius 1 is 1.31 bits per heavy atom. The molecule has 1 atom stereocenters. The van der Waals surface area contributed by atoms with Crippen molar-refractivity contribution >= 4 is 11.7 Å². The van der Waals surface area contributed by atoms with E-state index in [1.807, 2.05) is 38.1 Å². The Labute approximate surface area is 95.9 Å². The number of hydrogen-bond donors (Lipinski definition) is 1. The molecule has 0 aromatic heterocycles. The van der Waals surface area contributed by atoms with Gasteiger partial charge in [-0.25, -0.2) is 0 Å². The van der Waals surface area contributed by atoms with Crippen LogP contribution in [0, 0.1) is 6.92 Å². The van der Waals surface area contributed by atoms with Gasteiger partial charge in [0.2, 0.25) is 5.91 Å². The van der Waals surface area contributed by atoms with Gasteiger partial charge in [0, 0.05) is 0 Å².